The number of aromatic nitrogens is 2. The largest absolute Gasteiger partial charge is 0.481 e. The number of nitrogens with zero attached hydrogens (tertiary/aromatic N) is 5. The fourth-order valence-electron chi connectivity index (χ4n) is 2.74. The molecule has 2 aromatic rings. The third kappa shape index (κ3) is 3.58. The lowest BCUT2D eigenvalue weighted by Gasteiger charge is -2.35. The van der Waals surface area contributed by atoms with Gasteiger partial charge in [-0.3, -0.25) is 4.90 Å². The summed E-state index contributed by atoms with van der Waals surface area (Å²) in [7, 11) is 1.63. The van der Waals surface area contributed by atoms with Gasteiger partial charge in [0.1, 0.15) is 11.9 Å². The van der Waals surface area contributed by atoms with Crippen LogP contribution in [-0.2, 0) is 6.54 Å². The topological polar surface area (TPSA) is 65.3 Å². The first-order valence-electron chi connectivity index (χ1n) is 7.62. The maximum Gasteiger partial charge on any atom is 0.213 e. The highest BCUT2D eigenvalue weighted by molar-refractivity contribution is 5.53. The number of nitriles is 1. The van der Waals surface area contributed by atoms with Gasteiger partial charge in [0.05, 0.1) is 18.4 Å². The third-order valence-electron chi connectivity index (χ3n) is 3.95. The lowest BCUT2D eigenvalue weighted by atomic mass is 10.2. The molecular weight excluding hydrogens is 290 g/mol. The Hall–Kier alpha value is -2.65. The molecule has 3 heterocycles. The Morgan fingerprint density at radius 1 is 1.17 bits per heavy atom. The van der Waals surface area contributed by atoms with Gasteiger partial charge in [-0.25, -0.2) is 9.97 Å². The van der Waals surface area contributed by atoms with Crippen LogP contribution in [0.5, 0.6) is 5.88 Å². The molecule has 0 aromatic carbocycles. The average Bonchev–Trinajstić information content (AvgIpc) is 2.62. The Balaban J connectivity index is 1.61. The van der Waals surface area contributed by atoms with Crippen LogP contribution in [0.3, 0.4) is 0 Å². The summed E-state index contributed by atoms with van der Waals surface area (Å²) in [5.74, 6) is 1.43. The monoisotopic (exact) mass is 309 g/mol. The number of anilines is 1. The summed E-state index contributed by atoms with van der Waals surface area (Å²) in [6.07, 6.45) is 1.74. The lowest BCUT2D eigenvalue weighted by molar-refractivity contribution is 0.245. The van der Waals surface area contributed by atoms with E-state index in [2.05, 4.69) is 25.8 Å². The number of hydrogen-bond donors (Lipinski definition) is 0. The fourth-order valence-corrected chi connectivity index (χ4v) is 2.74. The number of pyridine rings is 2. The smallest absolute Gasteiger partial charge is 0.213 e. The van der Waals surface area contributed by atoms with E-state index in [0.29, 0.717) is 11.4 Å². The Kier molecular flexibility index (Phi) is 4.69. The van der Waals surface area contributed by atoms with E-state index >= 15 is 0 Å². The van der Waals surface area contributed by atoms with Crippen molar-refractivity contribution in [2.24, 2.45) is 0 Å². The average molecular weight is 309 g/mol. The minimum Gasteiger partial charge on any atom is -0.481 e. The number of methoxy groups -OCH3 is 1. The van der Waals surface area contributed by atoms with E-state index in [1.807, 2.05) is 24.3 Å². The number of rotatable bonds is 4. The molecule has 118 valence electrons. The van der Waals surface area contributed by atoms with Crippen LogP contribution in [0.25, 0.3) is 0 Å². The van der Waals surface area contributed by atoms with E-state index < -0.39 is 0 Å². The van der Waals surface area contributed by atoms with Gasteiger partial charge in [-0.05, 0) is 18.2 Å². The SMILES string of the molecule is COc1cccc(CN2CCN(c3ncccc3C#N)CC2)n1. The van der Waals surface area contributed by atoms with Crippen LogP contribution in [-0.4, -0.2) is 48.2 Å². The predicted molar refractivity (Wildman–Crippen MR) is 87.2 cm³/mol. The highest BCUT2D eigenvalue weighted by Crippen LogP contribution is 2.19. The van der Waals surface area contributed by atoms with Gasteiger partial charge in [0, 0.05) is 45.0 Å². The van der Waals surface area contributed by atoms with Crippen molar-refractivity contribution in [3.8, 4) is 11.9 Å². The van der Waals surface area contributed by atoms with Crippen LogP contribution in [0.4, 0.5) is 5.82 Å². The molecule has 6 heteroatoms. The van der Waals surface area contributed by atoms with Crippen molar-refractivity contribution in [1.29, 1.82) is 5.26 Å². The molecule has 0 saturated carbocycles. The molecule has 1 fully saturated rings. The molecule has 1 saturated heterocycles. The van der Waals surface area contributed by atoms with Crippen LogP contribution in [0, 0.1) is 11.3 Å². The number of piperazine rings is 1. The van der Waals surface area contributed by atoms with Crippen molar-refractivity contribution >= 4 is 5.82 Å². The van der Waals surface area contributed by atoms with Gasteiger partial charge in [0.15, 0.2) is 0 Å². The number of hydrogen-bond acceptors (Lipinski definition) is 6. The summed E-state index contributed by atoms with van der Waals surface area (Å²) in [6.45, 7) is 4.35. The molecule has 1 aliphatic heterocycles. The molecule has 0 N–H and O–H groups in total. The first-order chi connectivity index (χ1) is 11.3. The van der Waals surface area contributed by atoms with Crippen molar-refractivity contribution in [2.45, 2.75) is 6.54 Å². The Labute approximate surface area is 136 Å². The zero-order chi connectivity index (χ0) is 16.1. The lowest BCUT2D eigenvalue weighted by Crippen LogP contribution is -2.46. The van der Waals surface area contributed by atoms with Crippen molar-refractivity contribution in [3.63, 3.8) is 0 Å². The Morgan fingerprint density at radius 2 is 2.00 bits per heavy atom. The first kappa shape index (κ1) is 15.3. The molecule has 3 rings (SSSR count). The van der Waals surface area contributed by atoms with Gasteiger partial charge in [0.25, 0.3) is 0 Å². The van der Waals surface area contributed by atoms with Crippen molar-refractivity contribution < 1.29 is 4.74 Å². The standard InChI is InChI=1S/C17H19N5O/c1-23-16-6-2-5-15(20-16)13-21-8-10-22(11-9-21)17-14(12-18)4-3-7-19-17/h2-7H,8-11,13H2,1H3. The summed E-state index contributed by atoms with van der Waals surface area (Å²) in [6, 6.07) is 11.7. The summed E-state index contributed by atoms with van der Waals surface area (Å²) in [5.41, 5.74) is 1.64. The second-order valence-electron chi connectivity index (χ2n) is 5.42. The van der Waals surface area contributed by atoms with Gasteiger partial charge < -0.3 is 9.64 Å². The first-order valence-corrected chi connectivity index (χ1v) is 7.62. The van der Waals surface area contributed by atoms with E-state index in [4.69, 9.17) is 4.74 Å². The summed E-state index contributed by atoms with van der Waals surface area (Å²) in [4.78, 5) is 13.3. The second-order valence-corrected chi connectivity index (χ2v) is 5.42. The van der Waals surface area contributed by atoms with Gasteiger partial charge in [-0.2, -0.15) is 5.26 Å². The molecule has 23 heavy (non-hydrogen) atoms. The molecule has 0 aliphatic carbocycles. The molecule has 0 bridgehead atoms. The summed E-state index contributed by atoms with van der Waals surface area (Å²) in [5, 5.41) is 9.20. The van der Waals surface area contributed by atoms with E-state index in [9.17, 15) is 5.26 Å². The van der Waals surface area contributed by atoms with Crippen LogP contribution in [0.1, 0.15) is 11.3 Å². The normalized spacial score (nSPS) is 15.2. The minimum absolute atomic E-state index is 0.635. The third-order valence-corrected chi connectivity index (χ3v) is 3.95. The van der Waals surface area contributed by atoms with Gasteiger partial charge in [-0.1, -0.05) is 6.07 Å². The van der Waals surface area contributed by atoms with Crippen LogP contribution in [0.15, 0.2) is 36.5 Å². The molecule has 2 aromatic heterocycles. The zero-order valence-electron chi connectivity index (χ0n) is 13.1. The second kappa shape index (κ2) is 7.07. The molecule has 0 spiro atoms. The van der Waals surface area contributed by atoms with E-state index in [0.717, 1.165) is 44.2 Å². The van der Waals surface area contributed by atoms with Crippen LogP contribution >= 0.6 is 0 Å². The van der Waals surface area contributed by atoms with Crippen LogP contribution < -0.4 is 9.64 Å². The highest BCUT2D eigenvalue weighted by Gasteiger charge is 2.20. The maximum absolute atomic E-state index is 9.20. The van der Waals surface area contributed by atoms with Crippen LogP contribution in [0.2, 0.25) is 0 Å². The van der Waals surface area contributed by atoms with Crippen molar-refractivity contribution in [2.75, 3.05) is 38.2 Å². The zero-order valence-corrected chi connectivity index (χ0v) is 13.1. The van der Waals surface area contributed by atoms with Crippen molar-refractivity contribution in [3.05, 3.63) is 47.8 Å². The van der Waals surface area contributed by atoms with E-state index in [1.165, 1.54) is 0 Å². The molecule has 6 nitrogen and oxygen atoms in total. The summed E-state index contributed by atoms with van der Waals surface area (Å²) >= 11 is 0. The van der Waals surface area contributed by atoms with Crippen molar-refractivity contribution in [1.82, 2.24) is 14.9 Å². The highest BCUT2D eigenvalue weighted by atomic mass is 16.5. The van der Waals surface area contributed by atoms with Gasteiger partial charge in [0.2, 0.25) is 5.88 Å². The molecule has 0 atom stereocenters. The quantitative estimate of drug-likeness (QED) is 0.856. The molecule has 0 unspecified atom stereocenters. The van der Waals surface area contributed by atoms with Gasteiger partial charge in [-0.15, -0.1) is 0 Å². The Morgan fingerprint density at radius 3 is 2.74 bits per heavy atom. The predicted octanol–water partition coefficient (Wildman–Crippen LogP) is 1.68. The fraction of sp³-hybridized carbons (Fsp3) is 0.353. The molecule has 0 amide bonds. The van der Waals surface area contributed by atoms with Gasteiger partial charge >= 0.3 is 0 Å². The van der Waals surface area contributed by atoms with E-state index in [-0.39, 0.29) is 0 Å². The van der Waals surface area contributed by atoms with E-state index in [1.54, 1.807) is 19.4 Å². The maximum atomic E-state index is 9.20. The molecule has 1 aliphatic rings. The summed E-state index contributed by atoms with van der Waals surface area (Å²) < 4.78 is 5.17. The Bertz CT molecular complexity index is 704. The molecular formula is C17H19N5O. The number of ether oxygens (including phenoxy) is 1. The minimum atomic E-state index is 0.635. The molecule has 0 radical (unpaired) electrons.